The molecule has 4 rings (SSSR count). The van der Waals surface area contributed by atoms with Gasteiger partial charge < -0.3 is 14.4 Å². The number of nitrogens with zero attached hydrogens (tertiary/aromatic N) is 4. The van der Waals surface area contributed by atoms with Crippen molar-refractivity contribution in [1.29, 1.82) is 0 Å². The fourth-order valence-electron chi connectivity index (χ4n) is 4.10. The number of hydrogen-bond donors (Lipinski definition) is 1. The minimum Gasteiger partial charge on any atom is -0.497 e. The molecule has 0 saturated carbocycles. The Bertz CT molecular complexity index is 987. The maximum Gasteiger partial charge on any atom is 0.132 e. The van der Waals surface area contributed by atoms with E-state index >= 15 is 0 Å². The van der Waals surface area contributed by atoms with Gasteiger partial charge in [0.2, 0.25) is 0 Å². The minimum atomic E-state index is 0.462. The lowest BCUT2D eigenvalue weighted by Gasteiger charge is -2.20. The van der Waals surface area contributed by atoms with E-state index in [0.717, 1.165) is 61.2 Å². The van der Waals surface area contributed by atoms with E-state index in [0.29, 0.717) is 12.5 Å². The molecule has 2 aromatic heterocycles. The predicted molar refractivity (Wildman–Crippen MR) is 122 cm³/mol. The number of nitrogens with one attached hydrogen (secondary N) is 1. The van der Waals surface area contributed by atoms with Gasteiger partial charge in [0.25, 0.3) is 0 Å². The van der Waals surface area contributed by atoms with Crippen molar-refractivity contribution in [2.75, 3.05) is 45.8 Å². The molecule has 1 fully saturated rings. The monoisotopic (exact) mass is 421 g/mol. The van der Waals surface area contributed by atoms with Crippen LogP contribution in [-0.2, 0) is 13.0 Å². The number of aromatic amines is 1. The van der Waals surface area contributed by atoms with Gasteiger partial charge in [-0.2, -0.15) is 5.10 Å². The number of pyridine rings is 1. The molecular formula is C24H31N5O2. The highest BCUT2D eigenvalue weighted by atomic mass is 16.5. The van der Waals surface area contributed by atoms with Gasteiger partial charge in [0.15, 0.2) is 0 Å². The summed E-state index contributed by atoms with van der Waals surface area (Å²) >= 11 is 0. The fourth-order valence-corrected chi connectivity index (χ4v) is 4.10. The van der Waals surface area contributed by atoms with Crippen molar-refractivity contribution in [3.05, 3.63) is 65.6 Å². The zero-order valence-corrected chi connectivity index (χ0v) is 18.5. The number of H-pyrrole nitrogens is 1. The van der Waals surface area contributed by atoms with Crippen molar-refractivity contribution in [2.24, 2.45) is 0 Å². The second-order valence-electron chi connectivity index (χ2n) is 8.20. The van der Waals surface area contributed by atoms with E-state index in [1.165, 1.54) is 5.56 Å². The first-order valence-corrected chi connectivity index (χ1v) is 10.8. The maximum atomic E-state index is 5.86. The Morgan fingerprint density at radius 1 is 1.16 bits per heavy atom. The molecule has 7 nitrogen and oxygen atoms in total. The molecule has 0 radical (unpaired) electrons. The van der Waals surface area contributed by atoms with Crippen LogP contribution < -0.4 is 14.4 Å². The molecule has 1 aliphatic rings. The topological polar surface area (TPSA) is 66.5 Å². The van der Waals surface area contributed by atoms with Gasteiger partial charge in [-0.25, -0.2) is 4.98 Å². The molecule has 1 aromatic carbocycles. The minimum absolute atomic E-state index is 0.462. The van der Waals surface area contributed by atoms with Crippen molar-refractivity contribution >= 4 is 5.82 Å². The number of aromatic nitrogens is 3. The highest BCUT2D eigenvalue weighted by Crippen LogP contribution is 2.28. The Morgan fingerprint density at radius 2 is 2.03 bits per heavy atom. The second kappa shape index (κ2) is 9.83. The second-order valence-corrected chi connectivity index (χ2v) is 8.20. The fraction of sp³-hybridized carbons (Fsp3) is 0.417. The lowest BCUT2D eigenvalue weighted by Crippen LogP contribution is -2.22. The Morgan fingerprint density at radius 3 is 2.87 bits per heavy atom. The third-order valence-electron chi connectivity index (χ3n) is 5.71. The molecule has 1 saturated heterocycles. The van der Waals surface area contributed by atoms with Crippen LogP contribution >= 0.6 is 0 Å². The molecule has 1 atom stereocenters. The van der Waals surface area contributed by atoms with Gasteiger partial charge in [-0.15, -0.1) is 0 Å². The lowest BCUT2D eigenvalue weighted by atomic mass is 10.0. The van der Waals surface area contributed by atoms with Crippen LogP contribution in [0.2, 0.25) is 0 Å². The highest BCUT2D eigenvalue weighted by Gasteiger charge is 2.26. The van der Waals surface area contributed by atoms with Gasteiger partial charge >= 0.3 is 0 Å². The predicted octanol–water partition coefficient (Wildman–Crippen LogP) is 3.49. The first-order valence-electron chi connectivity index (χ1n) is 10.8. The van der Waals surface area contributed by atoms with Crippen LogP contribution in [0.4, 0.5) is 5.82 Å². The standard InChI is InChI=1S/C24H31N5O2/c1-28(2)24-19(6-5-11-25-24)17-29-12-9-18(16-29)23-14-20(26-27-23)10-13-31-22-8-4-7-21(15-22)30-3/h4-8,11,14-15,18H,9-10,12-13,16-17H2,1-3H3,(H,26,27). The normalized spacial score (nSPS) is 16.4. The number of rotatable bonds is 9. The molecular weight excluding hydrogens is 390 g/mol. The Kier molecular flexibility index (Phi) is 6.72. The van der Waals surface area contributed by atoms with Crippen LogP contribution in [0.1, 0.15) is 29.3 Å². The van der Waals surface area contributed by atoms with Crippen LogP contribution in [0.5, 0.6) is 11.5 Å². The Labute approximate surface area is 184 Å². The number of anilines is 1. The molecule has 0 bridgehead atoms. The van der Waals surface area contributed by atoms with Crippen molar-refractivity contribution in [3.8, 4) is 11.5 Å². The third kappa shape index (κ3) is 5.35. The van der Waals surface area contributed by atoms with Crippen LogP contribution in [-0.4, -0.2) is 61.0 Å². The summed E-state index contributed by atoms with van der Waals surface area (Å²) in [6.45, 7) is 3.61. The third-order valence-corrected chi connectivity index (χ3v) is 5.71. The molecule has 0 spiro atoms. The first kappa shape index (κ1) is 21.2. The molecule has 3 heterocycles. The summed E-state index contributed by atoms with van der Waals surface area (Å²) in [7, 11) is 5.75. The molecule has 164 valence electrons. The number of ether oxygens (including phenoxy) is 2. The van der Waals surface area contributed by atoms with Gasteiger partial charge in [0.1, 0.15) is 17.3 Å². The quantitative estimate of drug-likeness (QED) is 0.571. The summed E-state index contributed by atoms with van der Waals surface area (Å²) in [5.74, 6) is 3.13. The van der Waals surface area contributed by atoms with E-state index in [-0.39, 0.29) is 0 Å². The summed E-state index contributed by atoms with van der Waals surface area (Å²) < 4.78 is 11.1. The van der Waals surface area contributed by atoms with Gasteiger partial charge in [0.05, 0.1) is 19.4 Å². The van der Waals surface area contributed by atoms with Crippen molar-refractivity contribution < 1.29 is 9.47 Å². The zero-order chi connectivity index (χ0) is 21.6. The molecule has 3 aromatic rings. The van der Waals surface area contributed by atoms with Gasteiger partial charge in [-0.1, -0.05) is 12.1 Å². The van der Waals surface area contributed by atoms with E-state index in [1.54, 1.807) is 7.11 Å². The van der Waals surface area contributed by atoms with E-state index in [9.17, 15) is 0 Å². The molecule has 1 aliphatic heterocycles. The van der Waals surface area contributed by atoms with Crippen LogP contribution in [0, 0.1) is 0 Å². The van der Waals surface area contributed by atoms with Crippen molar-refractivity contribution in [3.63, 3.8) is 0 Å². The summed E-state index contributed by atoms with van der Waals surface area (Å²) in [5, 5.41) is 7.78. The van der Waals surface area contributed by atoms with E-state index in [1.807, 2.05) is 50.6 Å². The lowest BCUT2D eigenvalue weighted by molar-refractivity contribution is 0.317. The SMILES string of the molecule is COc1cccc(OCCc2cc(C3CCN(Cc4cccnc4N(C)C)C3)n[nH]2)c1. The van der Waals surface area contributed by atoms with Gasteiger partial charge in [-0.3, -0.25) is 10.00 Å². The average Bonchev–Trinajstić information content (AvgIpc) is 3.44. The Hall–Kier alpha value is -3.06. The number of hydrogen-bond acceptors (Lipinski definition) is 6. The Balaban J connectivity index is 1.29. The number of methoxy groups -OCH3 is 1. The largest absolute Gasteiger partial charge is 0.497 e. The molecule has 1 N–H and O–H groups in total. The molecule has 31 heavy (non-hydrogen) atoms. The molecule has 1 unspecified atom stereocenters. The molecule has 0 aliphatic carbocycles. The average molecular weight is 422 g/mol. The number of benzene rings is 1. The van der Waals surface area contributed by atoms with Crippen molar-refractivity contribution in [1.82, 2.24) is 20.1 Å². The molecule has 7 heteroatoms. The first-order chi connectivity index (χ1) is 15.1. The van der Waals surface area contributed by atoms with Crippen LogP contribution in [0.25, 0.3) is 0 Å². The number of likely N-dealkylation sites (tertiary alicyclic amines) is 1. The molecule has 0 amide bonds. The van der Waals surface area contributed by atoms with Crippen molar-refractivity contribution in [2.45, 2.75) is 25.3 Å². The van der Waals surface area contributed by atoms with Crippen LogP contribution in [0.3, 0.4) is 0 Å². The van der Waals surface area contributed by atoms with Gasteiger partial charge in [0, 0.05) is 63.0 Å². The maximum absolute atomic E-state index is 5.86. The smallest absolute Gasteiger partial charge is 0.132 e. The van der Waals surface area contributed by atoms with Crippen LogP contribution in [0.15, 0.2) is 48.7 Å². The van der Waals surface area contributed by atoms with E-state index in [4.69, 9.17) is 9.47 Å². The summed E-state index contributed by atoms with van der Waals surface area (Å²) in [5.41, 5.74) is 3.53. The van der Waals surface area contributed by atoms with E-state index in [2.05, 4.69) is 37.1 Å². The zero-order valence-electron chi connectivity index (χ0n) is 18.5. The van der Waals surface area contributed by atoms with E-state index < -0.39 is 0 Å². The summed E-state index contributed by atoms with van der Waals surface area (Å²) in [4.78, 5) is 9.10. The summed E-state index contributed by atoms with van der Waals surface area (Å²) in [6.07, 6.45) is 3.78. The summed E-state index contributed by atoms with van der Waals surface area (Å²) in [6, 6.07) is 14.1. The van der Waals surface area contributed by atoms with Gasteiger partial charge in [-0.05, 0) is 37.2 Å². The highest BCUT2D eigenvalue weighted by molar-refractivity contribution is 5.45.